The van der Waals surface area contributed by atoms with Crippen molar-refractivity contribution in [2.75, 3.05) is 13.2 Å². The average molecular weight is 1890 g/mol. The Kier molecular flexibility index (Phi) is 21.5. The normalized spacial score (nSPS) is 22.5. The Labute approximate surface area is 740 Å². The van der Waals surface area contributed by atoms with Crippen molar-refractivity contribution >= 4 is 65.5 Å². The summed E-state index contributed by atoms with van der Waals surface area (Å²) >= 11 is 0. The number of ether oxygens (including phenoxy) is 15. The molecule has 0 spiro atoms. The van der Waals surface area contributed by atoms with Gasteiger partial charge in [-0.2, -0.15) is 0 Å². The molecule has 135 heavy (non-hydrogen) atoms. The first-order valence-corrected chi connectivity index (χ1v) is 37.6. The van der Waals surface area contributed by atoms with E-state index in [1.807, 2.05) is 0 Å². The maximum absolute atomic E-state index is 15.9. The van der Waals surface area contributed by atoms with Crippen LogP contribution in [0.1, 0.15) is 105 Å². The molecule has 6 heterocycles. The van der Waals surface area contributed by atoms with Crippen molar-refractivity contribution in [3.05, 3.63) is 146 Å². The summed E-state index contributed by atoms with van der Waals surface area (Å²) in [6.07, 6.45) is -29.0. The molecule has 7 aliphatic rings. The maximum atomic E-state index is 15.9. The molecule has 4 bridgehead atoms. The van der Waals surface area contributed by atoms with Crippen LogP contribution in [0.3, 0.4) is 0 Å². The van der Waals surface area contributed by atoms with E-state index in [-0.39, 0.29) is 30.3 Å². The standard InChI is InChI=1S/C82H56O53/c83-27-1-17(2-28(84)47(27)96)69(108)121-15-40-62(127-70(109)18-3-29(85)48(97)30(86)4-18)65(129-71(110)19-5-31(87)49(98)32(88)6-19)67-80(125-40)134-78(117)26-12-37(93)53(102)58(107)60(26)126-61-39(123-59-25(77(116)132-67)11-36(92)52(101)57(59)106)13-23-44(56(61)105)43-21(9-35(91)51(100)55(43)104)74(113)130-66-63-41(16-122-73(23)112)124-79(133-72(111)20-7-33(89)50(99)34(90)8-20)68(66)131-75(114)22-10-38(94)54(103)64-45(22)46-24(76(115)128-63)14-42(95)81(118,119)82(46,120)135-64/h1-14,40-41,46,62-63,65-68,79-80,83-94,96-107,118-120H,15-16H2. The van der Waals surface area contributed by atoms with Crippen LogP contribution in [0.5, 0.6) is 167 Å². The number of ketones is 1. The van der Waals surface area contributed by atoms with Gasteiger partial charge in [0, 0.05) is 34.9 Å². The fourth-order valence-electron chi connectivity index (χ4n) is 15.0. The molecule has 12 unspecified atom stereocenters. The largest absolute Gasteiger partial charge is 0.504 e. The van der Waals surface area contributed by atoms with E-state index < -0.39 is 397 Å². The number of carbonyl (C=O) groups excluding carboxylic acids is 11. The summed E-state index contributed by atoms with van der Waals surface area (Å²) < 4.78 is 86.8. The van der Waals surface area contributed by atoms with Gasteiger partial charge in [0.15, 0.2) is 151 Å². The van der Waals surface area contributed by atoms with Gasteiger partial charge in [-0.25, -0.2) is 47.9 Å². The van der Waals surface area contributed by atoms with Gasteiger partial charge < -0.3 is 209 Å². The first-order chi connectivity index (χ1) is 63.5. The second kappa shape index (κ2) is 32.3. The van der Waals surface area contributed by atoms with E-state index in [1.54, 1.807) is 0 Å². The lowest BCUT2D eigenvalue weighted by atomic mass is 9.74. The lowest BCUT2D eigenvalue weighted by Gasteiger charge is -2.44. The fraction of sp³-hybridized carbons (Fsp3) is 0.183. The summed E-state index contributed by atoms with van der Waals surface area (Å²) in [5.74, 6) is -78.4. The number of phenols is 24. The molecule has 0 amide bonds. The maximum Gasteiger partial charge on any atom is 0.344 e. The van der Waals surface area contributed by atoms with Crippen LogP contribution in [0.15, 0.2) is 90.5 Å². The number of hydrogen-bond donors (Lipinski definition) is 27. The minimum Gasteiger partial charge on any atom is -0.504 e. The number of aliphatic hydroxyl groups is 3. The number of hydrogen-bond acceptors (Lipinski definition) is 53. The monoisotopic (exact) mass is 1890 g/mol. The third-order valence-electron chi connectivity index (χ3n) is 21.6. The zero-order valence-electron chi connectivity index (χ0n) is 66.0. The highest BCUT2D eigenvalue weighted by molar-refractivity contribution is 6.11. The van der Waals surface area contributed by atoms with Gasteiger partial charge in [-0.05, 0) is 66.7 Å². The van der Waals surface area contributed by atoms with Crippen molar-refractivity contribution in [3.63, 3.8) is 0 Å². The highest BCUT2D eigenvalue weighted by Crippen LogP contribution is 2.63. The number of cyclic esters (lactones) is 1. The molecule has 27 N–H and O–H groups in total. The summed E-state index contributed by atoms with van der Waals surface area (Å²) in [6, 6.07) is 3.98. The molecule has 0 aromatic heterocycles. The molecular formula is C82H56O53. The van der Waals surface area contributed by atoms with E-state index >= 15 is 28.8 Å². The molecule has 53 nitrogen and oxygen atoms in total. The minimum atomic E-state index is -4.25. The first-order valence-electron chi connectivity index (χ1n) is 37.6. The van der Waals surface area contributed by atoms with E-state index in [9.17, 15) is 162 Å². The van der Waals surface area contributed by atoms with Gasteiger partial charge in [-0.1, -0.05) is 0 Å². The number of benzene rings is 9. The minimum absolute atomic E-state index is 0.0550. The van der Waals surface area contributed by atoms with Gasteiger partial charge in [0.25, 0.3) is 11.6 Å². The predicted molar refractivity (Wildman–Crippen MR) is 410 cm³/mol. The smallest absolute Gasteiger partial charge is 0.344 e. The average Bonchev–Trinajstić information content (AvgIpc) is 1.53. The first kappa shape index (κ1) is 89.9. The molecule has 2 fully saturated rings. The van der Waals surface area contributed by atoms with Crippen molar-refractivity contribution in [1.82, 2.24) is 0 Å². The fourth-order valence-corrected chi connectivity index (χ4v) is 15.0. The Balaban J connectivity index is 0.894. The zero-order valence-corrected chi connectivity index (χ0v) is 66.0. The molecule has 9 aromatic carbocycles. The van der Waals surface area contributed by atoms with Crippen molar-refractivity contribution in [3.8, 4) is 178 Å². The molecule has 0 radical (unpaired) electrons. The van der Waals surface area contributed by atoms with Gasteiger partial charge >= 0.3 is 59.7 Å². The topological polar surface area (TPSA) is 872 Å². The lowest BCUT2D eigenvalue weighted by Crippen LogP contribution is -2.66. The van der Waals surface area contributed by atoms with E-state index in [1.165, 1.54) is 0 Å². The van der Waals surface area contributed by atoms with Gasteiger partial charge in [-0.3, -0.25) is 4.79 Å². The van der Waals surface area contributed by atoms with Crippen molar-refractivity contribution in [1.29, 1.82) is 0 Å². The van der Waals surface area contributed by atoms with Crippen LogP contribution >= 0.6 is 0 Å². The summed E-state index contributed by atoms with van der Waals surface area (Å²) in [5.41, 5.74) is -17.4. The SMILES string of the molecule is O=C1OC2C3COC(=O)c4cc5c(c(O)c4-c4c(cc(O)c(O)c4O)C(=O)OC2C(OC(=O)c2cc(O)c(O)c4c2C2C1=CC(=O)C(O)(O)C2(O)O4)C(OC(=O)c1cc(O)c(O)c(O)c1)O3)Oc1c(cc(O)c(O)c1O)C(=O)OC1OC(COC(=O)c2cc(O)c(O)c(O)c2)C(OC(=O)c2cc(O)c(O)c(O)c2)C(OC(=O)c2cc(O)c(O)c(O)c2)C1OC(=O)c1cc(O)c(O)c(O)c1O5. The highest BCUT2D eigenvalue weighted by Gasteiger charge is 2.71. The number of esters is 10. The number of rotatable bonds is 9. The quantitative estimate of drug-likeness (QED) is 0.0420. The summed E-state index contributed by atoms with van der Waals surface area (Å²) in [4.78, 5) is 165. The second-order valence-corrected chi connectivity index (χ2v) is 29.8. The zero-order chi connectivity index (χ0) is 97.9. The van der Waals surface area contributed by atoms with E-state index in [4.69, 9.17) is 71.1 Å². The number of aromatic hydroxyl groups is 24. The van der Waals surface area contributed by atoms with Crippen LogP contribution in [0.25, 0.3) is 11.1 Å². The molecule has 12 atom stereocenters. The lowest BCUT2D eigenvalue weighted by molar-refractivity contribution is -0.323. The molecular weight excluding hydrogens is 1830 g/mol. The Morgan fingerprint density at radius 1 is 0.348 bits per heavy atom. The van der Waals surface area contributed by atoms with E-state index in [0.29, 0.717) is 54.6 Å². The molecule has 1 aliphatic carbocycles. The van der Waals surface area contributed by atoms with Crippen molar-refractivity contribution in [2.45, 2.75) is 78.9 Å². The van der Waals surface area contributed by atoms with Gasteiger partial charge in [-0.15, -0.1) is 0 Å². The third-order valence-corrected chi connectivity index (χ3v) is 21.6. The second-order valence-electron chi connectivity index (χ2n) is 29.8. The summed E-state index contributed by atoms with van der Waals surface area (Å²) in [5, 5.41) is 300. The van der Waals surface area contributed by atoms with Gasteiger partial charge in [0.1, 0.15) is 36.5 Å². The molecule has 0 saturated carbocycles. The molecule has 16 rings (SSSR count). The van der Waals surface area contributed by atoms with Crippen molar-refractivity contribution < 1.29 is 262 Å². The number of fused-ring (bicyclic) bond motifs is 7. The highest BCUT2D eigenvalue weighted by atomic mass is 16.8. The Bertz CT molecular complexity index is 6730. The van der Waals surface area contributed by atoms with Crippen LogP contribution in [0, 0.1) is 0 Å². The van der Waals surface area contributed by atoms with Gasteiger partial charge in [0.05, 0.1) is 50.4 Å². The number of phenolic OH excluding ortho intramolecular Hbond substituents is 24. The predicted octanol–water partition coefficient (Wildman–Crippen LogP) is 1.38. The van der Waals surface area contributed by atoms with Crippen LogP contribution in [0.2, 0.25) is 0 Å². The third kappa shape index (κ3) is 14.8. The van der Waals surface area contributed by atoms with Crippen molar-refractivity contribution in [2.24, 2.45) is 0 Å². The van der Waals surface area contributed by atoms with Crippen LogP contribution in [-0.4, -0.2) is 290 Å². The molecule has 2 saturated heterocycles. The van der Waals surface area contributed by atoms with Crippen LogP contribution in [-0.2, 0) is 66.4 Å². The Hall–Kier alpha value is -18.5. The molecule has 53 heteroatoms. The van der Waals surface area contributed by atoms with Gasteiger partial charge in [0.2, 0.25) is 70.8 Å². The summed E-state index contributed by atoms with van der Waals surface area (Å²) in [6.45, 7) is -3.36. The molecule has 6 aliphatic heterocycles. The molecule has 9 aromatic rings. The summed E-state index contributed by atoms with van der Waals surface area (Å²) in [7, 11) is 0. The van der Waals surface area contributed by atoms with Crippen LogP contribution < -0.4 is 14.2 Å². The van der Waals surface area contributed by atoms with Crippen LogP contribution in [0.4, 0.5) is 0 Å². The Morgan fingerprint density at radius 2 is 0.748 bits per heavy atom. The number of carbonyl (C=O) groups is 11. The van der Waals surface area contributed by atoms with E-state index in [0.717, 1.165) is 0 Å². The Morgan fingerprint density at radius 3 is 1.27 bits per heavy atom. The molecule has 702 valence electrons. The van der Waals surface area contributed by atoms with E-state index in [2.05, 4.69) is 0 Å².